The van der Waals surface area contributed by atoms with Crippen molar-refractivity contribution in [1.82, 2.24) is 14.8 Å². The Morgan fingerprint density at radius 1 is 1.64 bits per heavy atom. The van der Waals surface area contributed by atoms with Crippen molar-refractivity contribution in [2.24, 2.45) is 7.05 Å². The topological polar surface area (TPSA) is 91.5 Å². The standard InChI is InChI=1S/C7H8N4O2S/c1-4(3-8)14-7-9-5(12)6(13)10-11(7)2/h4H,1-2H3,(H,10,13). The monoisotopic (exact) mass is 212 g/mol. The third kappa shape index (κ3) is 2.23. The number of aryl methyl sites for hydroxylation is 1. The normalized spacial score (nSPS) is 12.1. The fraction of sp³-hybridized carbons (Fsp3) is 0.429. The molecule has 0 fully saturated rings. The van der Waals surface area contributed by atoms with Gasteiger partial charge in [0.1, 0.15) is 0 Å². The van der Waals surface area contributed by atoms with Gasteiger partial charge in [0.15, 0.2) is 5.16 Å². The summed E-state index contributed by atoms with van der Waals surface area (Å²) in [6.45, 7) is 1.68. The number of nitrogens with zero attached hydrogens (tertiary/aromatic N) is 3. The third-order valence-electron chi connectivity index (χ3n) is 1.41. The lowest BCUT2D eigenvalue weighted by Crippen LogP contribution is -2.34. The van der Waals surface area contributed by atoms with E-state index in [1.165, 1.54) is 4.68 Å². The Morgan fingerprint density at radius 3 is 2.86 bits per heavy atom. The molecule has 6 nitrogen and oxygen atoms in total. The maximum absolute atomic E-state index is 10.9. The summed E-state index contributed by atoms with van der Waals surface area (Å²) in [4.78, 5) is 25.3. The molecular weight excluding hydrogens is 204 g/mol. The van der Waals surface area contributed by atoms with Crippen molar-refractivity contribution in [2.75, 3.05) is 0 Å². The van der Waals surface area contributed by atoms with Gasteiger partial charge in [-0.15, -0.1) is 0 Å². The molecule has 7 heteroatoms. The van der Waals surface area contributed by atoms with Crippen LogP contribution in [0, 0.1) is 11.3 Å². The van der Waals surface area contributed by atoms with E-state index < -0.39 is 11.1 Å². The number of thioether (sulfide) groups is 1. The van der Waals surface area contributed by atoms with Crippen molar-refractivity contribution in [2.45, 2.75) is 17.3 Å². The molecule has 0 aliphatic carbocycles. The van der Waals surface area contributed by atoms with E-state index in [1.807, 2.05) is 6.07 Å². The molecule has 0 radical (unpaired) electrons. The number of rotatable bonds is 2. The zero-order chi connectivity index (χ0) is 10.7. The minimum absolute atomic E-state index is 0.320. The molecule has 0 amide bonds. The van der Waals surface area contributed by atoms with Gasteiger partial charge in [-0.25, -0.2) is 0 Å². The Morgan fingerprint density at radius 2 is 2.29 bits per heavy atom. The second-order valence-corrected chi connectivity index (χ2v) is 3.90. The Hall–Kier alpha value is -1.55. The first-order chi connectivity index (χ1) is 6.54. The van der Waals surface area contributed by atoms with Crippen LogP contribution in [0.4, 0.5) is 0 Å². The van der Waals surface area contributed by atoms with Crippen molar-refractivity contribution >= 4 is 11.8 Å². The van der Waals surface area contributed by atoms with Gasteiger partial charge in [-0.05, 0) is 6.92 Å². The molecule has 1 atom stereocenters. The first-order valence-electron chi connectivity index (χ1n) is 3.78. The number of hydrogen-bond acceptors (Lipinski definition) is 5. The summed E-state index contributed by atoms with van der Waals surface area (Å²) in [5.74, 6) is 0. The molecule has 14 heavy (non-hydrogen) atoms. The van der Waals surface area contributed by atoms with Crippen LogP contribution in [0.25, 0.3) is 0 Å². The molecule has 1 heterocycles. The van der Waals surface area contributed by atoms with Crippen LogP contribution >= 0.6 is 11.8 Å². The smallest absolute Gasteiger partial charge is 0.265 e. The predicted octanol–water partition coefficient (Wildman–Crippen LogP) is -0.527. The summed E-state index contributed by atoms with van der Waals surface area (Å²) in [6.07, 6.45) is 0. The van der Waals surface area contributed by atoms with Gasteiger partial charge in [0.25, 0.3) is 0 Å². The van der Waals surface area contributed by atoms with Crippen LogP contribution in [-0.2, 0) is 7.05 Å². The summed E-state index contributed by atoms with van der Waals surface area (Å²) in [7, 11) is 1.56. The van der Waals surface area contributed by atoms with Crippen LogP contribution in [0.15, 0.2) is 14.7 Å². The van der Waals surface area contributed by atoms with Crippen molar-refractivity contribution in [3.8, 4) is 6.07 Å². The lowest BCUT2D eigenvalue weighted by atomic mass is 10.5. The molecule has 74 valence electrons. The van der Waals surface area contributed by atoms with Gasteiger partial charge in [0.05, 0.1) is 11.3 Å². The van der Waals surface area contributed by atoms with Crippen LogP contribution in [0.3, 0.4) is 0 Å². The summed E-state index contributed by atoms with van der Waals surface area (Å²) < 4.78 is 1.32. The summed E-state index contributed by atoms with van der Waals surface area (Å²) in [6, 6.07) is 1.99. The van der Waals surface area contributed by atoms with Gasteiger partial charge in [-0.2, -0.15) is 10.2 Å². The molecule has 0 spiro atoms. The highest BCUT2D eigenvalue weighted by atomic mass is 32.2. The van der Waals surface area contributed by atoms with Crippen LogP contribution in [0.1, 0.15) is 6.92 Å². The van der Waals surface area contributed by atoms with E-state index >= 15 is 0 Å². The highest BCUT2D eigenvalue weighted by Gasteiger charge is 2.08. The van der Waals surface area contributed by atoms with E-state index in [1.54, 1.807) is 14.0 Å². The summed E-state index contributed by atoms with van der Waals surface area (Å²) >= 11 is 1.11. The molecule has 1 aromatic rings. The molecule has 0 saturated heterocycles. The average Bonchev–Trinajstić information content (AvgIpc) is 2.14. The Balaban J connectivity index is 3.12. The van der Waals surface area contributed by atoms with Gasteiger partial charge in [0.2, 0.25) is 0 Å². The van der Waals surface area contributed by atoms with E-state index in [0.717, 1.165) is 11.8 Å². The van der Waals surface area contributed by atoms with Crippen molar-refractivity contribution in [1.29, 1.82) is 5.26 Å². The Labute approximate surface area is 83.6 Å². The molecule has 1 unspecified atom stereocenters. The molecule has 0 saturated carbocycles. The van der Waals surface area contributed by atoms with Crippen molar-refractivity contribution < 1.29 is 0 Å². The number of nitriles is 1. The molecule has 1 N–H and O–H groups in total. The molecule has 0 bridgehead atoms. The number of hydrogen-bond donors (Lipinski definition) is 1. The van der Waals surface area contributed by atoms with Gasteiger partial charge in [-0.3, -0.25) is 19.4 Å². The van der Waals surface area contributed by atoms with Crippen LogP contribution in [0.5, 0.6) is 0 Å². The maximum atomic E-state index is 10.9. The van der Waals surface area contributed by atoms with E-state index in [4.69, 9.17) is 5.26 Å². The number of H-pyrrole nitrogens is 1. The summed E-state index contributed by atoms with van der Waals surface area (Å²) in [5, 5.41) is 10.8. The minimum atomic E-state index is -0.837. The van der Waals surface area contributed by atoms with Gasteiger partial charge < -0.3 is 0 Å². The first-order valence-corrected chi connectivity index (χ1v) is 4.66. The molecule has 0 aliphatic heterocycles. The highest BCUT2D eigenvalue weighted by molar-refractivity contribution is 8.00. The third-order valence-corrected chi connectivity index (χ3v) is 2.45. The zero-order valence-electron chi connectivity index (χ0n) is 7.64. The molecule has 0 aromatic carbocycles. The van der Waals surface area contributed by atoms with Crippen molar-refractivity contribution in [3.63, 3.8) is 0 Å². The number of nitrogens with one attached hydrogen (secondary N) is 1. The van der Waals surface area contributed by atoms with E-state index in [9.17, 15) is 9.59 Å². The number of aromatic nitrogens is 3. The first kappa shape index (κ1) is 10.5. The van der Waals surface area contributed by atoms with E-state index in [-0.39, 0.29) is 5.25 Å². The lowest BCUT2D eigenvalue weighted by molar-refractivity contribution is 0.596. The highest BCUT2D eigenvalue weighted by Crippen LogP contribution is 2.16. The quantitative estimate of drug-likeness (QED) is 0.525. The lowest BCUT2D eigenvalue weighted by Gasteiger charge is -2.05. The molecule has 1 aromatic heterocycles. The maximum Gasteiger partial charge on any atom is 0.339 e. The van der Waals surface area contributed by atoms with Crippen LogP contribution < -0.4 is 11.1 Å². The SMILES string of the molecule is CC(C#N)Sc1nc(=O)c(=O)[nH]n1C. The number of aromatic amines is 1. The summed E-state index contributed by atoms with van der Waals surface area (Å²) in [5.41, 5.74) is -1.60. The van der Waals surface area contributed by atoms with Crippen molar-refractivity contribution in [3.05, 3.63) is 20.7 Å². The van der Waals surface area contributed by atoms with Gasteiger partial charge >= 0.3 is 11.1 Å². The average molecular weight is 212 g/mol. The van der Waals surface area contributed by atoms with E-state index in [0.29, 0.717) is 5.16 Å². The zero-order valence-corrected chi connectivity index (χ0v) is 8.46. The van der Waals surface area contributed by atoms with Crippen LogP contribution in [-0.4, -0.2) is 20.0 Å². The minimum Gasteiger partial charge on any atom is -0.265 e. The second-order valence-electron chi connectivity index (χ2n) is 2.59. The Kier molecular flexibility index (Phi) is 3.09. The molecule has 0 aliphatic rings. The largest absolute Gasteiger partial charge is 0.339 e. The van der Waals surface area contributed by atoms with Gasteiger partial charge in [-0.1, -0.05) is 11.8 Å². The van der Waals surface area contributed by atoms with Gasteiger partial charge in [0, 0.05) is 7.05 Å². The van der Waals surface area contributed by atoms with Crippen LogP contribution in [0.2, 0.25) is 0 Å². The van der Waals surface area contributed by atoms with E-state index in [2.05, 4.69) is 10.1 Å². The fourth-order valence-corrected chi connectivity index (χ4v) is 1.46. The molecule has 1 rings (SSSR count). The molecular formula is C7H8N4O2S. The fourth-order valence-electron chi connectivity index (χ4n) is 0.750. The Bertz CT molecular complexity index is 484. The predicted molar refractivity (Wildman–Crippen MR) is 51.0 cm³/mol. The second kappa shape index (κ2) is 4.11.